The van der Waals surface area contributed by atoms with Crippen LogP contribution in [0.25, 0.3) is 5.69 Å². The summed E-state index contributed by atoms with van der Waals surface area (Å²) in [7, 11) is 0. The summed E-state index contributed by atoms with van der Waals surface area (Å²) in [6.45, 7) is 1.77. The molecule has 2 rings (SSSR count). The SMILES string of the molecule is Cc1cc(Cl)ccc1-n1cnc(C(F)(F)F)c1. The van der Waals surface area contributed by atoms with Crippen molar-refractivity contribution in [3.05, 3.63) is 47.0 Å². The largest absolute Gasteiger partial charge is 0.434 e. The summed E-state index contributed by atoms with van der Waals surface area (Å²) in [5.74, 6) is 0. The minimum absolute atomic E-state index is 0.544. The predicted octanol–water partition coefficient (Wildman–Crippen LogP) is 3.85. The molecule has 90 valence electrons. The molecule has 0 N–H and O–H groups in total. The van der Waals surface area contributed by atoms with Crippen molar-refractivity contribution in [3.8, 4) is 5.69 Å². The third kappa shape index (κ3) is 2.44. The van der Waals surface area contributed by atoms with Gasteiger partial charge in [0.05, 0.1) is 6.33 Å². The van der Waals surface area contributed by atoms with Gasteiger partial charge >= 0.3 is 6.18 Å². The molecule has 1 aromatic heterocycles. The van der Waals surface area contributed by atoms with Gasteiger partial charge in [-0.3, -0.25) is 0 Å². The molecule has 0 aliphatic heterocycles. The Labute approximate surface area is 101 Å². The van der Waals surface area contributed by atoms with Crippen LogP contribution in [-0.2, 0) is 6.18 Å². The molecule has 0 unspecified atom stereocenters. The van der Waals surface area contributed by atoms with E-state index in [1.54, 1.807) is 25.1 Å². The summed E-state index contributed by atoms with van der Waals surface area (Å²) in [5.41, 5.74) is 0.493. The lowest BCUT2D eigenvalue weighted by Gasteiger charge is -2.06. The molecular formula is C11H8ClF3N2. The van der Waals surface area contributed by atoms with Gasteiger partial charge in [0.25, 0.3) is 0 Å². The molecule has 2 nitrogen and oxygen atoms in total. The second-order valence-electron chi connectivity index (χ2n) is 3.59. The van der Waals surface area contributed by atoms with Crippen LogP contribution < -0.4 is 0 Å². The van der Waals surface area contributed by atoms with Crippen LogP contribution in [0.4, 0.5) is 13.2 Å². The highest BCUT2D eigenvalue weighted by Gasteiger charge is 2.33. The highest BCUT2D eigenvalue weighted by Crippen LogP contribution is 2.28. The molecule has 0 aliphatic rings. The Morgan fingerprint density at radius 1 is 1.29 bits per heavy atom. The van der Waals surface area contributed by atoms with E-state index < -0.39 is 11.9 Å². The predicted molar refractivity (Wildman–Crippen MR) is 58.3 cm³/mol. The molecule has 6 heteroatoms. The van der Waals surface area contributed by atoms with Gasteiger partial charge < -0.3 is 4.57 Å². The number of nitrogens with zero attached hydrogens (tertiary/aromatic N) is 2. The Kier molecular flexibility index (Phi) is 2.87. The van der Waals surface area contributed by atoms with Gasteiger partial charge in [-0.1, -0.05) is 11.6 Å². The normalized spacial score (nSPS) is 11.8. The number of halogens is 4. The third-order valence-electron chi connectivity index (χ3n) is 2.31. The van der Waals surface area contributed by atoms with Crippen molar-refractivity contribution in [3.63, 3.8) is 0 Å². The highest BCUT2D eigenvalue weighted by atomic mass is 35.5. The van der Waals surface area contributed by atoms with E-state index in [1.165, 1.54) is 4.57 Å². The van der Waals surface area contributed by atoms with Gasteiger partial charge in [-0.15, -0.1) is 0 Å². The van der Waals surface area contributed by atoms with E-state index in [0.717, 1.165) is 18.1 Å². The molecule has 0 bridgehead atoms. The first-order valence-electron chi connectivity index (χ1n) is 4.75. The van der Waals surface area contributed by atoms with Crippen molar-refractivity contribution in [2.24, 2.45) is 0 Å². The molecule has 0 spiro atoms. The lowest BCUT2D eigenvalue weighted by molar-refractivity contribution is -0.140. The van der Waals surface area contributed by atoms with Crippen molar-refractivity contribution in [2.75, 3.05) is 0 Å². The number of hydrogen-bond donors (Lipinski definition) is 0. The Hall–Kier alpha value is -1.49. The first kappa shape index (κ1) is 12.0. The second kappa shape index (κ2) is 4.07. The topological polar surface area (TPSA) is 17.8 Å². The maximum absolute atomic E-state index is 12.4. The monoisotopic (exact) mass is 260 g/mol. The molecule has 17 heavy (non-hydrogen) atoms. The Morgan fingerprint density at radius 3 is 2.53 bits per heavy atom. The molecule has 0 saturated heterocycles. The maximum atomic E-state index is 12.4. The fourth-order valence-corrected chi connectivity index (χ4v) is 1.74. The van der Waals surface area contributed by atoms with Gasteiger partial charge in [0, 0.05) is 16.9 Å². The Bertz CT molecular complexity index is 546. The summed E-state index contributed by atoms with van der Waals surface area (Å²) in [4.78, 5) is 3.33. The van der Waals surface area contributed by atoms with Crippen LogP contribution in [0, 0.1) is 6.92 Å². The van der Waals surface area contributed by atoms with Crippen LogP contribution in [0.1, 0.15) is 11.3 Å². The van der Waals surface area contributed by atoms with Crippen molar-refractivity contribution in [1.29, 1.82) is 0 Å². The molecule has 1 heterocycles. The highest BCUT2D eigenvalue weighted by molar-refractivity contribution is 6.30. The molecule has 0 atom stereocenters. The summed E-state index contributed by atoms with van der Waals surface area (Å²) >= 11 is 5.78. The molecule has 2 aromatic rings. The first-order chi connectivity index (χ1) is 7.88. The van der Waals surface area contributed by atoms with E-state index in [9.17, 15) is 13.2 Å². The lowest BCUT2D eigenvalue weighted by atomic mass is 10.2. The standard InChI is InChI=1S/C11H8ClF3N2/c1-7-4-8(12)2-3-9(7)17-5-10(16-6-17)11(13,14)15/h2-6H,1H3. The zero-order valence-corrected chi connectivity index (χ0v) is 9.55. The fourth-order valence-electron chi connectivity index (χ4n) is 1.51. The number of aryl methyl sites for hydroxylation is 1. The van der Waals surface area contributed by atoms with Gasteiger partial charge in [-0.25, -0.2) is 4.98 Å². The number of imidazole rings is 1. The van der Waals surface area contributed by atoms with Gasteiger partial charge in [0.1, 0.15) is 0 Å². The summed E-state index contributed by atoms with van der Waals surface area (Å²) in [6.07, 6.45) is -2.33. The van der Waals surface area contributed by atoms with E-state index in [0.29, 0.717) is 10.7 Å². The van der Waals surface area contributed by atoms with Crippen LogP contribution in [-0.4, -0.2) is 9.55 Å². The number of benzene rings is 1. The van der Waals surface area contributed by atoms with Crippen LogP contribution in [0.15, 0.2) is 30.7 Å². The van der Waals surface area contributed by atoms with Gasteiger partial charge in [-0.2, -0.15) is 13.2 Å². The maximum Gasteiger partial charge on any atom is 0.434 e. The number of hydrogen-bond acceptors (Lipinski definition) is 1. The molecule has 0 aliphatic carbocycles. The first-order valence-corrected chi connectivity index (χ1v) is 5.13. The van der Waals surface area contributed by atoms with Crippen LogP contribution in [0.2, 0.25) is 5.02 Å². The minimum atomic E-state index is -4.43. The quantitative estimate of drug-likeness (QED) is 0.761. The zero-order chi connectivity index (χ0) is 12.6. The summed E-state index contributed by atoms with van der Waals surface area (Å²) < 4.78 is 38.5. The van der Waals surface area contributed by atoms with Gasteiger partial charge in [0.2, 0.25) is 0 Å². The van der Waals surface area contributed by atoms with E-state index >= 15 is 0 Å². The van der Waals surface area contributed by atoms with E-state index in [1.807, 2.05) is 0 Å². The smallest absolute Gasteiger partial charge is 0.305 e. The molecule has 1 aromatic carbocycles. The number of aromatic nitrogens is 2. The average Bonchev–Trinajstić information content (AvgIpc) is 2.65. The molecule has 0 amide bonds. The molecule has 0 radical (unpaired) electrons. The van der Waals surface area contributed by atoms with Crippen molar-refractivity contribution in [1.82, 2.24) is 9.55 Å². The molecule has 0 saturated carbocycles. The van der Waals surface area contributed by atoms with Gasteiger partial charge in [-0.05, 0) is 30.7 Å². The van der Waals surface area contributed by atoms with Crippen LogP contribution in [0.5, 0.6) is 0 Å². The molecule has 0 fully saturated rings. The number of rotatable bonds is 1. The van der Waals surface area contributed by atoms with Crippen molar-refractivity contribution >= 4 is 11.6 Å². The van der Waals surface area contributed by atoms with Crippen molar-refractivity contribution in [2.45, 2.75) is 13.1 Å². The van der Waals surface area contributed by atoms with E-state index in [-0.39, 0.29) is 0 Å². The minimum Gasteiger partial charge on any atom is -0.305 e. The van der Waals surface area contributed by atoms with E-state index in [4.69, 9.17) is 11.6 Å². The summed E-state index contributed by atoms with van der Waals surface area (Å²) in [6, 6.07) is 4.96. The lowest BCUT2D eigenvalue weighted by Crippen LogP contribution is -2.05. The zero-order valence-electron chi connectivity index (χ0n) is 8.79. The Morgan fingerprint density at radius 2 is 2.00 bits per heavy atom. The van der Waals surface area contributed by atoms with E-state index in [2.05, 4.69) is 4.98 Å². The fraction of sp³-hybridized carbons (Fsp3) is 0.182. The third-order valence-corrected chi connectivity index (χ3v) is 2.55. The molecular weight excluding hydrogens is 253 g/mol. The van der Waals surface area contributed by atoms with Gasteiger partial charge in [0.15, 0.2) is 5.69 Å². The van der Waals surface area contributed by atoms with Crippen LogP contribution in [0.3, 0.4) is 0 Å². The second-order valence-corrected chi connectivity index (χ2v) is 4.03. The van der Waals surface area contributed by atoms with Crippen molar-refractivity contribution < 1.29 is 13.2 Å². The average molecular weight is 261 g/mol. The summed E-state index contributed by atoms with van der Waals surface area (Å²) in [5, 5.41) is 0.544. The number of alkyl halides is 3. The Balaban J connectivity index is 2.44. The van der Waals surface area contributed by atoms with Crippen LogP contribution >= 0.6 is 11.6 Å².